The fraction of sp³-hybridized carbons (Fsp3) is 0.571. The Morgan fingerprint density at radius 3 is 2.32 bits per heavy atom. The molecule has 0 radical (unpaired) electrons. The van der Waals surface area contributed by atoms with Gasteiger partial charge in [0.25, 0.3) is 0 Å². The van der Waals surface area contributed by atoms with Gasteiger partial charge in [-0.3, -0.25) is 0 Å². The number of nitrogens with two attached hydrogens (primary N) is 1. The van der Waals surface area contributed by atoms with E-state index in [0.29, 0.717) is 22.7 Å². The van der Waals surface area contributed by atoms with Gasteiger partial charge in [0, 0.05) is 18.3 Å². The van der Waals surface area contributed by atoms with E-state index in [4.69, 9.17) is 5.73 Å². The molecule has 0 aliphatic carbocycles. The van der Waals surface area contributed by atoms with Crippen molar-refractivity contribution in [3.05, 3.63) is 23.3 Å². The highest BCUT2D eigenvalue weighted by Gasteiger charge is 2.30. The predicted octanol–water partition coefficient (Wildman–Crippen LogP) is 2.69. The summed E-state index contributed by atoms with van der Waals surface area (Å²) in [5.41, 5.74) is 7.76. The number of nitrogens with zero attached hydrogens (tertiary/aromatic N) is 1. The van der Waals surface area contributed by atoms with Gasteiger partial charge in [-0.1, -0.05) is 19.9 Å². The zero-order valence-electron chi connectivity index (χ0n) is 12.4. The zero-order valence-corrected chi connectivity index (χ0v) is 13.2. The third-order valence-electron chi connectivity index (χ3n) is 3.61. The highest BCUT2D eigenvalue weighted by molar-refractivity contribution is 7.89. The number of rotatable bonds is 5. The summed E-state index contributed by atoms with van der Waals surface area (Å²) in [4.78, 5) is 0.356. The first-order valence-corrected chi connectivity index (χ1v) is 8.08. The minimum absolute atomic E-state index is 0.0183. The normalized spacial score (nSPS) is 13.8. The first kappa shape index (κ1) is 16.0. The van der Waals surface area contributed by atoms with Gasteiger partial charge in [-0.05, 0) is 44.4 Å². The highest BCUT2D eigenvalue weighted by Crippen LogP contribution is 2.28. The fourth-order valence-electron chi connectivity index (χ4n) is 2.28. The average Bonchev–Trinajstić information content (AvgIpc) is 2.34. The molecule has 1 rings (SSSR count). The molecule has 4 nitrogen and oxygen atoms in total. The van der Waals surface area contributed by atoms with Crippen molar-refractivity contribution in [2.24, 2.45) is 0 Å². The minimum atomic E-state index is -3.49. The number of anilines is 1. The fourth-order valence-corrected chi connectivity index (χ4v) is 4.46. The van der Waals surface area contributed by atoms with Gasteiger partial charge in [0.1, 0.15) is 0 Å². The Morgan fingerprint density at radius 1 is 1.26 bits per heavy atom. The highest BCUT2D eigenvalue weighted by atomic mass is 32.2. The average molecular weight is 284 g/mol. The Bertz CT molecular complexity index is 553. The van der Waals surface area contributed by atoms with E-state index < -0.39 is 10.0 Å². The molecule has 0 aliphatic heterocycles. The van der Waals surface area contributed by atoms with Gasteiger partial charge >= 0.3 is 0 Å². The van der Waals surface area contributed by atoms with Gasteiger partial charge < -0.3 is 5.73 Å². The minimum Gasteiger partial charge on any atom is -0.398 e. The summed E-state index contributed by atoms with van der Waals surface area (Å²) < 4.78 is 27.2. The Hall–Kier alpha value is -1.07. The molecule has 0 aliphatic rings. The molecule has 0 fully saturated rings. The molecule has 19 heavy (non-hydrogen) atoms. The molecule has 0 heterocycles. The van der Waals surface area contributed by atoms with Gasteiger partial charge in [-0.15, -0.1) is 0 Å². The largest absolute Gasteiger partial charge is 0.398 e. The second kappa shape index (κ2) is 5.92. The maximum Gasteiger partial charge on any atom is 0.243 e. The van der Waals surface area contributed by atoms with Crippen LogP contribution >= 0.6 is 0 Å². The van der Waals surface area contributed by atoms with E-state index in [1.165, 1.54) is 0 Å². The zero-order chi connectivity index (χ0) is 14.8. The standard InChI is InChI=1S/C14H24N2O2S/c1-6-11(4)16(7-2)19(17,18)14-10(3)8-9-13(15)12(14)5/h8-9,11H,6-7,15H2,1-5H3. The van der Waals surface area contributed by atoms with Crippen molar-refractivity contribution >= 4 is 15.7 Å². The summed E-state index contributed by atoms with van der Waals surface area (Å²) >= 11 is 0. The SMILES string of the molecule is CCC(C)N(CC)S(=O)(=O)c1c(C)ccc(N)c1C. The Labute approximate surface area is 116 Å². The number of nitrogen functional groups attached to an aromatic ring is 1. The molecule has 1 atom stereocenters. The Kier molecular flexibility index (Phi) is 4.98. The van der Waals surface area contributed by atoms with E-state index in [-0.39, 0.29) is 6.04 Å². The topological polar surface area (TPSA) is 63.4 Å². The lowest BCUT2D eigenvalue weighted by Crippen LogP contribution is -2.38. The summed E-state index contributed by atoms with van der Waals surface area (Å²) in [5, 5.41) is 0. The molecule has 1 aromatic carbocycles. The van der Waals surface area contributed by atoms with Crippen molar-refractivity contribution in [3.8, 4) is 0 Å². The van der Waals surface area contributed by atoms with Gasteiger partial charge in [-0.2, -0.15) is 4.31 Å². The molecule has 1 unspecified atom stereocenters. The van der Waals surface area contributed by atoms with E-state index in [9.17, 15) is 8.42 Å². The monoisotopic (exact) mass is 284 g/mol. The molecule has 0 saturated carbocycles. The van der Waals surface area contributed by atoms with E-state index in [1.54, 1.807) is 23.4 Å². The van der Waals surface area contributed by atoms with Gasteiger partial charge in [0.15, 0.2) is 0 Å². The first-order chi connectivity index (χ1) is 8.77. The molecule has 0 saturated heterocycles. The van der Waals surface area contributed by atoms with Crippen LogP contribution in [0.15, 0.2) is 17.0 Å². The van der Waals surface area contributed by atoms with Crippen LogP contribution in [0.5, 0.6) is 0 Å². The van der Waals surface area contributed by atoms with Crippen molar-refractivity contribution in [2.75, 3.05) is 12.3 Å². The number of aryl methyl sites for hydroxylation is 1. The van der Waals surface area contributed by atoms with Crippen molar-refractivity contribution in [1.29, 1.82) is 0 Å². The lowest BCUT2D eigenvalue weighted by Gasteiger charge is -2.28. The van der Waals surface area contributed by atoms with E-state index in [0.717, 1.165) is 12.0 Å². The predicted molar refractivity (Wildman–Crippen MR) is 79.6 cm³/mol. The van der Waals surface area contributed by atoms with Crippen LogP contribution in [0, 0.1) is 13.8 Å². The van der Waals surface area contributed by atoms with Gasteiger partial charge in [-0.25, -0.2) is 8.42 Å². The lowest BCUT2D eigenvalue weighted by atomic mass is 10.1. The third kappa shape index (κ3) is 2.92. The molecule has 0 bridgehead atoms. The van der Waals surface area contributed by atoms with Crippen LogP contribution < -0.4 is 5.73 Å². The summed E-state index contributed by atoms with van der Waals surface area (Å²) in [6.07, 6.45) is 0.785. The van der Waals surface area contributed by atoms with Gasteiger partial charge in [0.2, 0.25) is 10.0 Å². The van der Waals surface area contributed by atoms with Crippen LogP contribution in [-0.2, 0) is 10.0 Å². The Balaban J connectivity index is 3.47. The molecule has 5 heteroatoms. The molecule has 0 amide bonds. The number of hydrogen-bond donors (Lipinski definition) is 1. The van der Waals surface area contributed by atoms with Crippen molar-refractivity contribution in [3.63, 3.8) is 0 Å². The molecule has 0 spiro atoms. The third-order valence-corrected chi connectivity index (χ3v) is 5.99. The molecular weight excluding hydrogens is 260 g/mol. The van der Waals surface area contributed by atoms with E-state index in [1.807, 2.05) is 27.7 Å². The number of benzene rings is 1. The summed E-state index contributed by atoms with van der Waals surface area (Å²) in [6.45, 7) is 9.81. The molecular formula is C14H24N2O2S. The van der Waals surface area contributed by atoms with Gasteiger partial charge in [0.05, 0.1) is 4.90 Å². The summed E-state index contributed by atoms with van der Waals surface area (Å²) in [6, 6.07) is 3.50. The van der Waals surface area contributed by atoms with Crippen LogP contribution in [0.25, 0.3) is 0 Å². The second-order valence-electron chi connectivity index (χ2n) is 4.89. The van der Waals surface area contributed by atoms with Crippen molar-refractivity contribution < 1.29 is 8.42 Å². The number of sulfonamides is 1. The van der Waals surface area contributed by atoms with Crippen LogP contribution in [0.1, 0.15) is 38.3 Å². The van der Waals surface area contributed by atoms with E-state index in [2.05, 4.69) is 0 Å². The van der Waals surface area contributed by atoms with Crippen LogP contribution in [0.2, 0.25) is 0 Å². The second-order valence-corrected chi connectivity index (χ2v) is 6.72. The van der Waals surface area contributed by atoms with Crippen LogP contribution in [0.4, 0.5) is 5.69 Å². The van der Waals surface area contributed by atoms with Crippen molar-refractivity contribution in [1.82, 2.24) is 4.31 Å². The molecule has 2 N–H and O–H groups in total. The molecule has 0 aromatic heterocycles. The smallest absolute Gasteiger partial charge is 0.243 e. The molecule has 1 aromatic rings. The summed E-state index contributed by atoms with van der Waals surface area (Å²) in [7, 11) is -3.49. The maximum atomic E-state index is 12.8. The molecule has 108 valence electrons. The van der Waals surface area contributed by atoms with E-state index >= 15 is 0 Å². The maximum absolute atomic E-state index is 12.8. The summed E-state index contributed by atoms with van der Waals surface area (Å²) in [5.74, 6) is 0. The quantitative estimate of drug-likeness (QED) is 0.846. The van der Waals surface area contributed by atoms with Crippen molar-refractivity contribution in [2.45, 2.75) is 52.0 Å². The van der Waals surface area contributed by atoms with Crippen LogP contribution in [0.3, 0.4) is 0 Å². The van der Waals surface area contributed by atoms with Crippen LogP contribution in [-0.4, -0.2) is 25.3 Å². The number of hydrogen-bond acceptors (Lipinski definition) is 3. The Morgan fingerprint density at radius 2 is 1.84 bits per heavy atom. The lowest BCUT2D eigenvalue weighted by molar-refractivity contribution is 0.342. The first-order valence-electron chi connectivity index (χ1n) is 6.64.